The molecule has 34 heavy (non-hydrogen) atoms. The number of piperazine rings is 1. The molecule has 0 N–H and O–H groups in total. The highest BCUT2D eigenvalue weighted by atomic mass is 32.2. The minimum atomic E-state index is -3.63. The van der Waals surface area contributed by atoms with Gasteiger partial charge in [0.25, 0.3) is 0 Å². The predicted octanol–water partition coefficient (Wildman–Crippen LogP) is 3.31. The third-order valence-corrected chi connectivity index (χ3v) is 10.5. The van der Waals surface area contributed by atoms with E-state index in [0.717, 1.165) is 38.8 Å². The molecule has 2 atom stereocenters. The standard InChI is InChI=1S/C26H37N3O4S/c1-19-11-12-20(18-29-25(30)22-9-5-6-10-23(22)26(29)31)17-24(19)34(32,33)28-15-13-27(14-16-28)21-7-3-2-4-8-21/h11-12,17,21-23H,2-10,13-16,18H2,1H3. The van der Waals surface area contributed by atoms with Gasteiger partial charge in [0.1, 0.15) is 0 Å². The second-order valence-corrected chi connectivity index (χ2v) is 12.5. The third kappa shape index (κ3) is 4.44. The van der Waals surface area contributed by atoms with Gasteiger partial charge >= 0.3 is 0 Å². The number of nitrogens with zero attached hydrogens (tertiary/aromatic N) is 3. The van der Waals surface area contributed by atoms with E-state index in [2.05, 4.69) is 4.90 Å². The molecule has 1 aromatic carbocycles. The summed E-state index contributed by atoms with van der Waals surface area (Å²) in [7, 11) is -3.63. The van der Waals surface area contributed by atoms with Gasteiger partial charge in [-0.2, -0.15) is 4.31 Å². The van der Waals surface area contributed by atoms with Gasteiger partial charge in [0.05, 0.1) is 23.3 Å². The molecule has 0 spiro atoms. The zero-order chi connectivity index (χ0) is 23.9. The van der Waals surface area contributed by atoms with Crippen molar-refractivity contribution in [3.63, 3.8) is 0 Å². The molecule has 0 bridgehead atoms. The van der Waals surface area contributed by atoms with E-state index in [9.17, 15) is 18.0 Å². The SMILES string of the molecule is Cc1ccc(CN2C(=O)C3CCCCC3C2=O)cc1S(=O)(=O)N1CCN(C2CCCCC2)CC1. The molecule has 2 saturated heterocycles. The Morgan fingerprint density at radius 2 is 1.41 bits per heavy atom. The fourth-order valence-electron chi connectivity index (χ4n) is 6.48. The molecule has 8 heteroatoms. The lowest BCUT2D eigenvalue weighted by Gasteiger charge is -2.40. The molecule has 2 amide bonds. The molecule has 4 fully saturated rings. The van der Waals surface area contributed by atoms with E-state index < -0.39 is 10.0 Å². The summed E-state index contributed by atoms with van der Waals surface area (Å²) in [5.41, 5.74) is 1.40. The van der Waals surface area contributed by atoms with Gasteiger partial charge in [0.2, 0.25) is 21.8 Å². The Hall–Kier alpha value is -1.77. The lowest BCUT2D eigenvalue weighted by atomic mass is 9.81. The molecule has 0 aromatic heterocycles. The van der Waals surface area contributed by atoms with E-state index in [1.165, 1.54) is 37.0 Å². The number of likely N-dealkylation sites (tertiary alicyclic amines) is 1. The van der Waals surface area contributed by atoms with Gasteiger partial charge in [-0.05, 0) is 49.8 Å². The van der Waals surface area contributed by atoms with Crippen molar-refractivity contribution >= 4 is 21.8 Å². The van der Waals surface area contributed by atoms with Crippen LogP contribution in [0.5, 0.6) is 0 Å². The number of rotatable bonds is 5. The van der Waals surface area contributed by atoms with E-state index in [-0.39, 0.29) is 30.2 Å². The quantitative estimate of drug-likeness (QED) is 0.596. The molecule has 7 nitrogen and oxygen atoms in total. The van der Waals surface area contributed by atoms with Crippen molar-refractivity contribution in [2.24, 2.45) is 11.8 Å². The lowest BCUT2D eigenvalue weighted by molar-refractivity contribution is -0.140. The van der Waals surface area contributed by atoms with Gasteiger partial charge in [0.15, 0.2) is 0 Å². The summed E-state index contributed by atoms with van der Waals surface area (Å²) in [6, 6.07) is 5.93. The highest BCUT2D eigenvalue weighted by Crippen LogP contribution is 2.39. The van der Waals surface area contributed by atoms with Gasteiger partial charge in [-0.25, -0.2) is 8.42 Å². The van der Waals surface area contributed by atoms with E-state index in [1.54, 1.807) is 16.4 Å². The number of fused-ring (bicyclic) bond motifs is 1. The van der Waals surface area contributed by atoms with E-state index in [0.29, 0.717) is 35.2 Å². The molecule has 2 unspecified atom stereocenters. The van der Waals surface area contributed by atoms with E-state index in [4.69, 9.17) is 0 Å². The summed E-state index contributed by atoms with van der Waals surface area (Å²) in [6.07, 6.45) is 9.88. The Morgan fingerprint density at radius 3 is 2.03 bits per heavy atom. The van der Waals surface area contributed by atoms with Gasteiger partial charge in [-0.3, -0.25) is 19.4 Å². The Bertz CT molecular complexity index is 1020. The summed E-state index contributed by atoms with van der Waals surface area (Å²) in [5, 5.41) is 0. The zero-order valence-corrected chi connectivity index (χ0v) is 21.1. The highest BCUT2D eigenvalue weighted by Gasteiger charge is 2.48. The summed E-state index contributed by atoms with van der Waals surface area (Å²) in [4.78, 5) is 29.9. The first-order valence-electron chi connectivity index (χ1n) is 13.1. The highest BCUT2D eigenvalue weighted by molar-refractivity contribution is 7.89. The maximum absolute atomic E-state index is 13.6. The largest absolute Gasteiger partial charge is 0.298 e. The van der Waals surface area contributed by atoms with Crippen molar-refractivity contribution in [2.75, 3.05) is 26.2 Å². The Kier molecular flexibility index (Phi) is 6.84. The average molecular weight is 488 g/mol. The van der Waals surface area contributed by atoms with Crippen LogP contribution in [0.25, 0.3) is 0 Å². The van der Waals surface area contributed by atoms with Crippen LogP contribution >= 0.6 is 0 Å². The number of benzene rings is 1. The Balaban J connectivity index is 1.29. The molecular formula is C26H37N3O4S. The molecule has 2 heterocycles. The summed E-state index contributed by atoms with van der Waals surface area (Å²) in [5.74, 6) is -0.539. The fourth-order valence-corrected chi connectivity index (χ4v) is 8.18. The van der Waals surface area contributed by atoms with Gasteiger partial charge < -0.3 is 0 Å². The number of carbonyl (C=O) groups excluding carboxylic acids is 2. The molecule has 0 radical (unpaired) electrons. The first-order chi connectivity index (χ1) is 16.4. The second-order valence-electron chi connectivity index (χ2n) is 10.6. The molecule has 1 aromatic rings. The minimum absolute atomic E-state index is 0.0847. The molecule has 2 saturated carbocycles. The number of carbonyl (C=O) groups is 2. The number of hydrogen-bond acceptors (Lipinski definition) is 5. The summed E-state index contributed by atoms with van der Waals surface area (Å²) in [6.45, 7) is 4.55. The Morgan fingerprint density at radius 1 is 0.824 bits per heavy atom. The molecule has 5 rings (SSSR count). The first kappa shape index (κ1) is 23.9. The predicted molar refractivity (Wildman–Crippen MR) is 129 cm³/mol. The number of sulfonamides is 1. The maximum atomic E-state index is 13.6. The van der Waals surface area contributed by atoms with E-state index >= 15 is 0 Å². The van der Waals surface area contributed by atoms with Crippen molar-refractivity contribution in [2.45, 2.75) is 82.2 Å². The fraction of sp³-hybridized carbons (Fsp3) is 0.692. The molecule has 2 aliphatic heterocycles. The normalized spacial score (nSPS) is 27.9. The molecule has 2 aliphatic carbocycles. The van der Waals surface area contributed by atoms with Crippen LogP contribution in [-0.2, 0) is 26.2 Å². The number of amides is 2. The van der Waals surface area contributed by atoms with Crippen LogP contribution < -0.4 is 0 Å². The van der Waals surface area contributed by atoms with Crippen LogP contribution in [0.3, 0.4) is 0 Å². The monoisotopic (exact) mass is 487 g/mol. The summed E-state index contributed by atoms with van der Waals surface area (Å²) >= 11 is 0. The Labute approximate surface area is 203 Å². The number of aryl methyl sites for hydroxylation is 1. The number of hydrogen-bond donors (Lipinski definition) is 0. The van der Waals surface area contributed by atoms with Gasteiger partial charge in [-0.15, -0.1) is 0 Å². The smallest absolute Gasteiger partial charge is 0.243 e. The van der Waals surface area contributed by atoms with Crippen LogP contribution in [0.15, 0.2) is 23.1 Å². The molecule has 186 valence electrons. The van der Waals surface area contributed by atoms with Gasteiger partial charge in [-0.1, -0.05) is 44.2 Å². The van der Waals surface area contributed by atoms with E-state index in [1.807, 2.05) is 13.0 Å². The number of imide groups is 1. The average Bonchev–Trinajstić information content (AvgIpc) is 3.10. The third-order valence-electron chi connectivity index (χ3n) is 8.51. The van der Waals surface area contributed by atoms with Crippen molar-refractivity contribution in [3.05, 3.63) is 29.3 Å². The molecule has 4 aliphatic rings. The van der Waals surface area contributed by atoms with Crippen LogP contribution in [0.2, 0.25) is 0 Å². The first-order valence-corrected chi connectivity index (χ1v) is 14.5. The zero-order valence-electron chi connectivity index (χ0n) is 20.2. The lowest BCUT2D eigenvalue weighted by Crippen LogP contribution is -2.52. The summed E-state index contributed by atoms with van der Waals surface area (Å²) < 4.78 is 28.8. The van der Waals surface area contributed by atoms with Crippen molar-refractivity contribution in [3.8, 4) is 0 Å². The van der Waals surface area contributed by atoms with Crippen LogP contribution in [0.1, 0.15) is 68.9 Å². The minimum Gasteiger partial charge on any atom is -0.298 e. The van der Waals surface area contributed by atoms with Crippen molar-refractivity contribution in [1.82, 2.24) is 14.1 Å². The van der Waals surface area contributed by atoms with Crippen molar-refractivity contribution in [1.29, 1.82) is 0 Å². The van der Waals surface area contributed by atoms with Crippen LogP contribution in [0.4, 0.5) is 0 Å². The topological polar surface area (TPSA) is 78.0 Å². The molecular weight excluding hydrogens is 450 g/mol. The maximum Gasteiger partial charge on any atom is 0.243 e. The second kappa shape index (κ2) is 9.70. The van der Waals surface area contributed by atoms with Gasteiger partial charge in [0, 0.05) is 32.2 Å². The van der Waals surface area contributed by atoms with Crippen LogP contribution in [0, 0.1) is 18.8 Å². The van der Waals surface area contributed by atoms with Crippen LogP contribution in [-0.4, -0.2) is 66.6 Å². The van der Waals surface area contributed by atoms with Crippen molar-refractivity contribution < 1.29 is 18.0 Å².